The molecule has 0 aromatic heterocycles. The van der Waals surface area contributed by atoms with Gasteiger partial charge in [0.15, 0.2) is 0 Å². The summed E-state index contributed by atoms with van der Waals surface area (Å²) in [6, 6.07) is 0. The van der Waals surface area contributed by atoms with Gasteiger partial charge in [-0.1, -0.05) is 13.8 Å². The van der Waals surface area contributed by atoms with E-state index in [2.05, 4.69) is 13.8 Å². The Morgan fingerprint density at radius 3 is 2.72 bits per heavy atom. The van der Waals surface area contributed by atoms with Gasteiger partial charge in [-0.3, -0.25) is 0 Å². The molecular formula is C19H22O6. The summed E-state index contributed by atoms with van der Waals surface area (Å²) < 4.78 is 16.1. The summed E-state index contributed by atoms with van der Waals surface area (Å²) in [6.07, 6.45) is 3.70. The summed E-state index contributed by atoms with van der Waals surface area (Å²) in [6.45, 7) is 5.90. The first-order chi connectivity index (χ1) is 11.8. The van der Waals surface area contributed by atoms with Crippen LogP contribution < -0.4 is 0 Å². The second-order valence-electron chi connectivity index (χ2n) is 7.81. The second-order valence-corrected chi connectivity index (χ2v) is 7.81. The van der Waals surface area contributed by atoms with E-state index in [9.17, 15) is 14.7 Å². The quantitative estimate of drug-likeness (QED) is 0.357. The minimum Gasteiger partial charge on any atom is -0.458 e. The Hall–Kier alpha value is -2.08. The normalized spacial score (nSPS) is 37.6. The van der Waals surface area contributed by atoms with E-state index in [1.807, 2.05) is 0 Å². The Bertz CT molecular complexity index is 741. The van der Waals surface area contributed by atoms with Crippen LogP contribution in [-0.2, 0) is 23.8 Å². The van der Waals surface area contributed by atoms with Crippen molar-refractivity contribution in [1.29, 1.82) is 0 Å². The molecule has 4 rings (SSSR count). The van der Waals surface area contributed by atoms with Gasteiger partial charge in [0, 0.05) is 11.6 Å². The van der Waals surface area contributed by atoms with E-state index in [-0.39, 0.29) is 5.41 Å². The van der Waals surface area contributed by atoms with Crippen LogP contribution in [0.25, 0.3) is 0 Å². The van der Waals surface area contributed by atoms with Crippen LogP contribution in [0.4, 0.5) is 0 Å². The van der Waals surface area contributed by atoms with Crippen LogP contribution in [-0.4, -0.2) is 35.5 Å². The number of carbonyl (C=O) groups excluding carboxylic acids is 2. The molecule has 0 radical (unpaired) electrons. The topological polar surface area (TPSA) is 82.1 Å². The average molecular weight is 346 g/mol. The van der Waals surface area contributed by atoms with Crippen LogP contribution in [0, 0.1) is 11.3 Å². The summed E-state index contributed by atoms with van der Waals surface area (Å²) >= 11 is 0. The van der Waals surface area contributed by atoms with Crippen LogP contribution >= 0.6 is 0 Å². The number of aliphatic hydroxyl groups excluding tert-OH is 1. The lowest BCUT2D eigenvalue weighted by Gasteiger charge is -2.34. The number of esters is 2. The molecule has 0 aromatic rings. The van der Waals surface area contributed by atoms with Gasteiger partial charge in [-0.25, -0.2) is 9.59 Å². The van der Waals surface area contributed by atoms with E-state index in [0.717, 1.165) is 30.4 Å². The lowest BCUT2D eigenvalue weighted by Crippen LogP contribution is -2.27. The van der Waals surface area contributed by atoms with E-state index < -0.39 is 36.4 Å². The van der Waals surface area contributed by atoms with Crippen molar-refractivity contribution >= 4 is 11.9 Å². The first-order valence-electron chi connectivity index (χ1n) is 8.67. The van der Waals surface area contributed by atoms with Crippen molar-refractivity contribution in [2.75, 3.05) is 0 Å². The summed E-state index contributed by atoms with van der Waals surface area (Å²) in [5, 5.41) is 10.8. The standard InChI is InChI=1S/C19H22O6/c1-9-7-12(24-17(9)21)23-8-11-13-15(20)10-5-4-6-19(2,3)14(10)16(13)25-18(11)22/h7-8,12-13,15-16,20H,4-6H2,1-3H3/b11-8+/t12-,13+,15-,16+/m1/s1. The molecule has 6 nitrogen and oxygen atoms in total. The van der Waals surface area contributed by atoms with Crippen LogP contribution in [0.3, 0.4) is 0 Å². The largest absolute Gasteiger partial charge is 0.458 e. The highest BCUT2D eigenvalue weighted by Crippen LogP contribution is 2.54. The third-order valence-corrected chi connectivity index (χ3v) is 5.72. The molecule has 0 saturated carbocycles. The fourth-order valence-corrected chi connectivity index (χ4v) is 4.49. The molecule has 1 saturated heterocycles. The number of cyclic esters (lactones) is 1. The zero-order valence-electron chi connectivity index (χ0n) is 14.6. The maximum atomic E-state index is 12.3. The van der Waals surface area contributed by atoms with Gasteiger partial charge in [0.25, 0.3) is 6.29 Å². The molecule has 2 aliphatic heterocycles. The van der Waals surface area contributed by atoms with Crippen molar-refractivity contribution in [2.45, 2.75) is 58.5 Å². The molecule has 6 heteroatoms. The number of hydrogen-bond acceptors (Lipinski definition) is 6. The first-order valence-corrected chi connectivity index (χ1v) is 8.67. The highest BCUT2D eigenvalue weighted by atomic mass is 16.7. The summed E-state index contributed by atoms with van der Waals surface area (Å²) in [4.78, 5) is 23.7. The molecule has 0 aromatic carbocycles. The van der Waals surface area contributed by atoms with Gasteiger partial charge in [0.1, 0.15) is 6.10 Å². The van der Waals surface area contributed by atoms with Crippen LogP contribution in [0.15, 0.2) is 34.6 Å². The van der Waals surface area contributed by atoms with Crippen molar-refractivity contribution < 1.29 is 28.9 Å². The molecule has 4 aliphatic rings. The zero-order chi connectivity index (χ0) is 17.9. The summed E-state index contributed by atoms with van der Waals surface area (Å²) in [7, 11) is 0. The maximum absolute atomic E-state index is 12.3. The molecule has 1 N–H and O–H groups in total. The Morgan fingerprint density at radius 1 is 1.28 bits per heavy atom. The number of fused-ring (bicyclic) bond motifs is 2. The van der Waals surface area contributed by atoms with E-state index in [0.29, 0.717) is 11.1 Å². The SMILES string of the molecule is CC1=C[C@H](O/C=C2/C(=O)O[C@@H]3C4=C(CCCC4(C)C)[C@@H](O)[C@H]23)OC1=O. The van der Waals surface area contributed by atoms with Crippen LogP contribution in [0.2, 0.25) is 0 Å². The van der Waals surface area contributed by atoms with Gasteiger partial charge in [-0.15, -0.1) is 0 Å². The molecule has 1 fully saturated rings. The lowest BCUT2D eigenvalue weighted by molar-refractivity contribution is -0.152. The molecule has 2 aliphatic carbocycles. The highest BCUT2D eigenvalue weighted by molar-refractivity contribution is 5.93. The molecule has 0 bridgehead atoms. The Labute approximate surface area is 146 Å². The van der Waals surface area contributed by atoms with E-state index in [4.69, 9.17) is 14.2 Å². The Balaban J connectivity index is 1.60. The minimum absolute atomic E-state index is 0.0919. The second kappa shape index (κ2) is 5.46. The zero-order valence-corrected chi connectivity index (χ0v) is 14.6. The fraction of sp³-hybridized carbons (Fsp3) is 0.579. The van der Waals surface area contributed by atoms with Gasteiger partial charge in [-0.2, -0.15) is 0 Å². The molecule has 2 heterocycles. The predicted molar refractivity (Wildman–Crippen MR) is 86.8 cm³/mol. The number of carbonyl (C=O) groups is 2. The van der Waals surface area contributed by atoms with Crippen molar-refractivity contribution in [3.05, 3.63) is 34.6 Å². The van der Waals surface area contributed by atoms with Gasteiger partial charge < -0.3 is 19.3 Å². The van der Waals surface area contributed by atoms with Crippen molar-refractivity contribution in [2.24, 2.45) is 11.3 Å². The highest BCUT2D eigenvalue weighted by Gasteiger charge is 2.56. The fourth-order valence-electron chi connectivity index (χ4n) is 4.49. The molecular weight excluding hydrogens is 324 g/mol. The molecule has 134 valence electrons. The van der Waals surface area contributed by atoms with E-state index in [1.165, 1.54) is 6.26 Å². The van der Waals surface area contributed by atoms with Gasteiger partial charge in [-0.05, 0) is 42.7 Å². The molecule has 4 atom stereocenters. The Kier molecular flexibility index (Phi) is 3.58. The first kappa shape index (κ1) is 16.4. The molecule has 0 unspecified atom stereocenters. The number of aliphatic hydroxyl groups is 1. The van der Waals surface area contributed by atoms with Crippen LogP contribution in [0.5, 0.6) is 0 Å². The van der Waals surface area contributed by atoms with E-state index in [1.54, 1.807) is 13.0 Å². The molecule has 25 heavy (non-hydrogen) atoms. The van der Waals surface area contributed by atoms with E-state index >= 15 is 0 Å². The maximum Gasteiger partial charge on any atom is 0.338 e. The number of hydrogen-bond donors (Lipinski definition) is 1. The third-order valence-electron chi connectivity index (χ3n) is 5.72. The van der Waals surface area contributed by atoms with Crippen molar-refractivity contribution in [3.63, 3.8) is 0 Å². The number of ether oxygens (including phenoxy) is 3. The van der Waals surface area contributed by atoms with Crippen molar-refractivity contribution in [3.8, 4) is 0 Å². The average Bonchev–Trinajstić information content (AvgIpc) is 3.11. The van der Waals surface area contributed by atoms with Crippen LogP contribution in [0.1, 0.15) is 40.0 Å². The smallest absolute Gasteiger partial charge is 0.338 e. The predicted octanol–water partition coefficient (Wildman–Crippen LogP) is 2.14. The van der Waals surface area contributed by atoms with Crippen molar-refractivity contribution in [1.82, 2.24) is 0 Å². The monoisotopic (exact) mass is 346 g/mol. The van der Waals surface area contributed by atoms with Gasteiger partial charge >= 0.3 is 11.9 Å². The number of rotatable bonds is 2. The molecule has 0 spiro atoms. The van der Waals surface area contributed by atoms with Gasteiger partial charge in [0.05, 0.1) is 23.9 Å². The Morgan fingerprint density at radius 2 is 2.04 bits per heavy atom. The third kappa shape index (κ3) is 2.42. The summed E-state index contributed by atoms with van der Waals surface area (Å²) in [5.74, 6) is -1.36. The van der Waals surface area contributed by atoms with Gasteiger partial charge in [0.2, 0.25) is 0 Å². The molecule has 0 amide bonds. The minimum atomic E-state index is -0.843. The lowest BCUT2D eigenvalue weighted by atomic mass is 9.72. The summed E-state index contributed by atoms with van der Waals surface area (Å²) in [5.41, 5.74) is 2.75.